The van der Waals surface area contributed by atoms with E-state index in [1.54, 1.807) is 35.0 Å². The molecule has 0 aromatic heterocycles. The minimum atomic E-state index is -0.245. The van der Waals surface area contributed by atoms with Gasteiger partial charge in [0, 0.05) is 24.3 Å². The van der Waals surface area contributed by atoms with Gasteiger partial charge < -0.3 is 9.80 Å². The molecule has 0 unspecified atom stereocenters. The van der Waals surface area contributed by atoms with Crippen LogP contribution in [0.3, 0.4) is 0 Å². The average Bonchev–Trinajstić information content (AvgIpc) is 2.88. The highest BCUT2D eigenvalue weighted by molar-refractivity contribution is 6.37. The van der Waals surface area contributed by atoms with E-state index in [4.69, 9.17) is 23.2 Å². The monoisotopic (exact) mass is 516 g/mol. The largest absolute Gasteiger partial charge is 0.341 e. The molecule has 0 N–H and O–H groups in total. The molecule has 6 heteroatoms. The first-order valence-corrected chi connectivity index (χ1v) is 12.3. The summed E-state index contributed by atoms with van der Waals surface area (Å²) in [7, 11) is 1.80. The highest BCUT2D eigenvalue weighted by Crippen LogP contribution is 2.27. The van der Waals surface area contributed by atoms with Crippen molar-refractivity contribution in [2.45, 2.75) is 19.5 Å². The fourth-order valence-corrected chi connectivity index (χ4v) is 4.43. The Labute approximate surface area is 221 Å². The van der Waals surface area contributed by atoms with Gasteiger partial charge in [-0.05, 0) is 47.0 Å². The SMILES string of the molecule is CN(Cc1ccccc1)C(=O)Cc1cccc(N(Cc2ccccc2)C(=O)c2ccc(Cl)cc2Cl)c1. The second-order valence-corrected chi connectivity index (χ2v) is 9.43. The molecule has 0 spiro atoms. The predicted octanol–water partition coefficient (Wildman–Crippen LogP) is 7.04. The van der Waals surface area contributed by atoms with Crippen LogP contribution in [0.2, 0.25) is 10.0 Å². The fraction of sp³-hybridized carbons (Fsp3) is 0.133. The quantitative estimate of drug-likeness (QED) is 0.252. The van der Waals surface area contributed by atoms with Gasteiger partial charge in [0.25, 0.3) is 5.91 Å². The topological polar surface area (TPSA) is 40.6 Å². The van der Waals surface area contributed by atoms with Crippen molar-refractivity contribution in [1.29, 1.82) is 0 Å². The van der Waals surface area contributed by atoms with Crippen LogP contribution in [0.1, 0.15) is 27.0 Å². The molecule has 182 valence electrons. The van der Waals surface area contributed by atoms with Gasteiger partial charge in [0.2, 0.25) is 5.91 Å². The van der Waals surface area contributed by atoms with E-state index in [0.717, 1.165) is 16.7 Å². The van der Waals surface area contributed by atoms with E-state index in [1.807, 2.05) is 84.9 Å². The highest BCUT2D eigenvalue weighted by Gasteiger charge is 2.22. The number of likely N-dealkylation sites (N-methyl/N-ethyl adjacent to an activating group) is 1. The summed E-state index contributed by atoms with van der Waals surface area (Å²) in [5.74, 6) is -0.247. The number of hydrogen-bond donors (Lipinski definition) is 0. The number of anilines is 1. The predicted molar refractivity (Wildman–Crippen MR) is 146 cm³/mol. The molecule has 0 saturated carbocycles. The molecule has 0 bridgehead atoms. The van der Waals surface area contributed by atoms with Crippen molar-refractivity contribution in [3.05, 3.63) is 135 Å². The molecular weight excluding hydrogens is 491 g/mol. The summed E-state index contributed by atoms with van der Waals surface area (Å²) in [5, 5.41) is 0.755. The number of amides is 2. The third-order valence-electron chi connectivity index (χ3n) is 5.86. The van der Waals surface area contributed by atoms with E-state index < -0.39 is 0 Å². The normalized spacial score (nSPS) is 10.6. The van der Waals surface area contributed by atoms with Crippen molar-refractivity contribution in [1.82, 2.24) is 4.90 Å². The maximum absolute atomic E-state index is 13.6. The summed E-state index contributed by atoms with van der Waals surface area (Å²) in [6.07, 6.45) is 0.228. The standard InChI is InChI=1S/C30H26Cl2N2O2/c1-33(20-22-9-4-2-5-10-22)29(35)18-24-13-8-14-26(17-24)34(21-23-11-6-3-7-12-23)30(36)27-16-15-25(31)19-28(27)32/h2-17,19H,18,20-21H2,1H3. The van der Waals surface area contributed by atoms with Crippen molar-refractivity contribution in [3.63, 3.8) is 0 Å². The van der Waals surface area contributed by atoms with Crippen molar-refractivity contribution in [2.75, 3.05) is 11.9 Å². The Balaban J connectivity index is 1.59. The zero-order chi connectivity index (χ0) is 25.5. The molecule has 0 saturated heterocycles. The van der Waals surface area contributed by atoms with Crippen molar-refractivity contribution < 1.29 is 9.59 Å². The molecule has 0 radical (unpaired) electrons. The summed E-state index contributed by atoms with van der Waals surface area (Å²) in [6.45, 7) is 0.886. The van der Waals surface area contributed by atoms with Gasteiger partial charge >= 0.3 is 0 Å². The lowest BCUT2D eigenvalue weighted by Gasteiger charge is -2.24. The van der Waals surface area contributed by atoms with Crippen molar-refractivity contribution in [3.8, 4) is 0 Å². The molecule has 0 aliphatic heterocycles. The molecule has 0 aliphatic rings. The first kappa shape index (κ1) is 25.5. The number of halogens is 2. The van der Waals surface area contributed by atoms with Crippen LogP contribution in [0, 0.1) is 0 Å². The van der Waals surface area contributed by atoms with Crippen LogP contribution in [0.25, 0.3) is 0 Å². The smallest absolute Gasteiger partial charge is 0.260 e. The molecule has 4 aromatic carbocycles. The zero-order valence-corrected chi connectivity index (χ0v) is 21.4. The van der Waals surface area contributed by atoms with Crippen LogP contribution in [0.5, 0.6) is 0 Å². The molecule has 0 heterocycles. The molecule has 4 rings (SSSR count). The Kier molecular flexibility index (Phi) is 8.42. The Hall–Kier alpha value is -3.60. The fourth-order valence-electron chi connectivity index (χ4n) is 3.94. The minimum Gasteiger partial charge on any atom is -0.341 e. The van der Waals surface area contributed by atoms with Crippen LogP contribution >= 0.6 is 23.2 Å². The van der Waals surface area contributed by atoms with Gasteiger partial charge in [-0.1, -0.05) is 96.0 Å². The van der Waals surface area contributed by atoms with E-state index >= 15 is 0 Å². The van der Waals surface area contributed by atoms with E-state index in [2.05, 4.69) is 0 Å². The van der Waals surface area contributed by atoms with Crippen LogP contribution in [-0.4, -0.2) is 23.8 Å². The second-order valence-electron chi connectivity index (χ2n) is 8.58. The number of nitrogens with zero attached hydrogens (tertiary/aromatic N) is 2. The van der Waals surface area contributed by atoms with E-state index in [0.29, 0.717) is 34.4 Å². The number of rotatable bonds is 8. The Morgan fingerprint density at radius 3 is 1.94 bits per heavy atom. The van der Waals surface area contributed by atoms with Gasteiger partial charge in [0.15, 0.2) is 0 Å². The number of benzene rings is 4. The molecule has 36 heavy (non-hydrogen) atoms. The summed E-state index contributed by atoms with van der Waals surface area (Å²) >= 11 is 12.4. The first-order chi connectivity index (χ1) is 17.4. The van der Waals surface area contributed by atoms with Crippen LogP contribution < -0.4 is 4.90 Å². The van der Waals surface area contributed by atoms with Gasteiger partial charge in [-0.25, -0.2) is 0 Å². The molecule has 0 fully saturated rings. The van der Waals surface area contributed by atoms with Crippen molar-refractivity contribution in [2.24, 2.45) is 0 Å². The van der Waals surface area contributed by atoms with Gasteiger partial charge in [-0.15, -0.1) is 0 Å². The Bertz CT molecular complexity index is 1340. The summed E-state index contributed by atoms with van der Waals surface area (Å²) in [5.41, 5.74) is 3.92. The van der Waals surface area contributed by atoms with E-state index in [-0.39, 0.29) is 18.2 Å². The molecular formula is C30H26Cl2N2O2. The number of carbonyl (C=O) groups is 2. The third kappa shape index (κ3) is 6.54. The molecule has 4 nitrogen and oxygen atoms in total. The van der Waals surface area contributed by atoms with Crippen LogP contribution in [0.4, 0.5) is 5.69 Å². The lowest BCUT2D eigenvalue weighted by molar-refractivity contribution is -0.129. The number of carbonyl (C=O) groups excluding carboxylic acids is 2. The minimum absolute atomic E-state index is 0.00214. The van der Waals surface area contributed by atoms with Gasteiger partial charge in [-0.3, -0.25) is 9.59 Å². The van der Waals surface area contributed by atoms with Gasteiger partial charge in [0.1, 0.15) is 0 Å². The van der Waals surface area contributed by atoms with Crippen LogP contribution in [-0.2, 0) is 24.3 Å². The molecule has 4 aromatic rings. The van der Waals surface area contributed by atoms with Gasteiger partial charge in [-0.2, -0.15) is 0 Å². The molecule has 2 amide bonds. The maximum atomic E-state index is 13.6. The lowest BCUT2D eigenvalue weighted by Crippen LogP contribution is -2.31. The zero-order valence-electron chi connectivity index (χ0n) is 19.9. The van der Waals surface area contributed by atoms with Crippen molar-refractivity contribution >= 4 is 40.7 Å². The highest BCUT2D eigenvalue weighted by atomic mass is 35.5. The lowest BCUT2D eigenvalue weighted by atomic mass is 10.1. The van der Waals surface area contributed by atoms with Gasteiger partial charge in [0.05, 0.1) is 23.6 Å². The molecule has 0 atom stereocenters. The van der Waals surface area contributed by atoms with E-state index in [1.165, 1.54) is 0 Å². The molecule has 0 aliphatic carbocycles. The van der Waals surface area contributed by atoms with E-state index in [9.17, 15) is 9.59 Å². The Morgan fingerprint density at radius 2 is 1.31 bits per heavy atom. The van der Waals surface area contributed by atoms with Crippen LogP contribution in [0.15, 0.2) is 103 Å². The average molecular weight is 517 g/mol. The first-order valence-electron chi connectivity index (χ1n) is 11.6. The summed E-state index contributed by atoms with van der Waals surface area (Å²) in [4.78, 5) is 30.0. The summed E-state index contributed by atoms with van der Waals surface area (Å²) in [6, 6.07) is 32.0. The second kappa shape index (κ2) is 11.9. The maximum Gasteiger partial charge on any atom is 0.260 e. The Morgan fingerprint density at radius 1 is 0.694 bits per heavy atom. The summed E-state index contributed by atoms with van der Waals surface area (Å²) < 4.78 is 0. The number of hydrogen-bond acceptors (Lipinski definition) is 2. The third-order valence-corrected chi connectivity index (χ3v) is 6.40.